The van der Waals surface area contributed by atoms with Crippen molar-refractivity contribution in [3.05, 3.63) is 0 Å². The maximum absolute atomic E-state index is 5.68. The first-order chi connectivity index (χ1) is 5.40. The third-order valence-electron chi connectivity index (χ3n) is 3.54. The number of nitrogens with two attached hydrogens (primary N) is 1. The van der Waals surface area contributed by atoms with E-state index in [2.05, 4.69) is 0 Å². The summed E-state index contributed by atoms with van der Waals surface area (Å²) in [4.78, 5) is 0. The van der Waals surface area contributed by atoms with E-state index < -0.39 is 0 Å². The van der Waals surface area contributed by atoms with E-state index in [0.717, 1.165) is 24.3 Å². The summed E-state index contributed by atoms with van der Waals surface area (Å²) in [5.41, 5.74) is 5.68. The second-order valence-electron chi connectivity index (χ2n) is 4.37. The van der Waals surface area contributed by atoms with Crippen LogP contribution in [-0.2, 0) is 0 Å². The molecule has 2 aliphatic rings. The van der Waals surface area contributed by atoms with Gasteiger partial charge in [-0.1, -0.05) is 12.8 Å². The lowest BCUT2D eigenvalue weighted by Crippen LogP contribution is -2.15. The Bertz CT molecular complexity index is 133. The number of hydrogen-bond donors (Lipinski definition) is 1. The zero-order valence-electron chi connectivity index (χ0n) is 7.26. The first-order valence-electron chi connectivity index (χ1n) is 5.10. The van der Waals surface area contributed by atoms with E-state index in [-0.39, 0.29) is 0 Å². The zero-order valence-corrected chi connectivity index (χ0v) is 7.26. The summed E-state index contributed by atoms with van der Waals surface area (Å²) < 4.78 is 0. The molecule has 0 spiro atoms. The predicted molar refractivity (Wildman–Crippen MR) is 47.2 cm³/mol. The van der Waals surface area contributed by atoms with Crippen molar-refractivity contribution < 1.29 is 0 Å². The maximum Gasteiger partial charge on any atom is -0.00489 e. The van der Waals surface area contributed by atoms with Gasteiger partial charge >= 0.3 is 0 Å². The second-order valence-corrected chi connectivity index (χ2v) is 4.37. The summed E-state index contributed by atoms with van der Waals surface area (Å²) >= 11 is 0. The highest BCUT2D eigenvalue weighted by atomic mass is 14.6. The van der Waals surface area contributed by atoms with E-state index in [4.69, 9.17) is 5.73 Å². The molecule has 1 nitrogen and oxygen atoms in total. The first kappa shape index (κ1) is 7.60. The molecule has 2 fully saturated rings. The summed E-state index contributed by atoms with van der Waals surface area (Å²) in [5, 5.41) is 0. The van der Waals surface area contributed by atoms with E-state index in [1.54, 1.807) is 0 Å². The largest absolute Gasteiger partial charge is 0.330 e. The minimum absolute atomic E-state index is 0.858. The maximum atomic E-state index is 5.68. The minimum Gasteiger partial charge on any atom is -0.330 e. The molecule has 3 unspecified atom stereocenters. The van der Waals surface area contributed by atoms with Crippen LogP contribution >= 0.6 is 0 Å². The molecular formula is C10H19N. The molecule has 2 aliphatic carbocycles. The molecular weight excluding hydrogens is 134 g/mol. The van der Waals surface area contributed by atoms with Crippen molar-refractivity contribution >= 4 is 0 Å². The molecule has 0 aliphatic heterocycles. The fraction of sp³-hybridized carbons (Fsp3) is 1.00. The van der Waals surface area contributed by atoms with Gasteiger partial charge in [0.05, 0.1) is 0 Å². The molecule has 3 atom stereocenters. The zero-order chi connectivity index (χ0) is 7.68. The highest BCUT2D eigenvalue weighted by Crippen LogP contribution is 2.47. The SMILES string of the molecule is NCC1CCCC2CC2CC1. The number of hydrogen-bond acceptors (Lipinski definition) is 1. The van der Waals surface area contributed by atoms with E-state index in [1.807, 2.05) is 0 Å². The van der Waals surface area contributed by atoms with Crippen molar-refractivity contribution in [2.75, 3.05) is 6.54 Å². The third-order valence-corrected chi connectivity index (χ3v) is 3.54. The molecule has 0 radical (unpaired) electrons. The smallest absolute Gasteiger partial charge is 0.00489 e. The number of rotatable bonds is 1. The molecule has 2 saturated carbocycles. The Hall–Kier alpha value is -0.0400. The van der Waals surface area contributed by atoms with Gasteiger partial charge in [0, 0.05) is 0 Å². The van der Waals surface area contributed by atoms with Crippen LogP contribution in [0.15, 0.2) is 0 Å². The van der Waals surface area contributed by atoms with Gasteiger partial charge in [-0.05, 0) is 50.0 Å². The highest BCUT2D eigenvalue weighted by molar-refractivity contribution is 4.88. The average molecular weight is 153 g/mol. The molecule has 1 heteroatoms. The molecule has 2 N–H and O–H groups in total. The molecule has 0 amide bonds. The molecule has 0 aromatic rings. The first-order valence-corrected chi connectivity index (χ1v) is 5.10. The van der Waals surface area contributed by atoms with E-state index >= 15 is 0 Å². The summed E-state index contributed by atoms with van der Waals surface area (Å²) in [6.45, 7) is 0.928. The summed E-state index contributed by atoms with van der Waals surface area (Å²) in [7, 11) is 0. The molecule has 11 heavy (non-hydrogen) atoms. The van der Waals surface area contributed by atoms with Gasteiger partial charge in [-0.3, -0.25) is 0 Å². The summed E-state index contributed by atoms with van der Waals surface area (Å²) in [6.07, 6.45) is 8.78. The highest BCUT2D eigenvalue weighted by Gasteiger charge is 2.37. The van der Waals surface area contributed by atoms with Gasteiger partial charge in [0.1, 0.15) is 0 Å². The molecule has 0 heterocycles. The van der Waals surface area contributed by atoms with Crippen LogP contribution in [0.1, 0.15) is 38.5 Å². The molecule has 64 valence electrons. The third kappa shape index (κ3) is 1.76. The van der Waals surface area contributed by atoms with Crippen molar-refractivity contribution in [2.24, 2.45) is 23.5 Å². The van der Waals surface area contributed by atoms with Gasteiger partial charge in [-0.15, -0.1) is 0 Å². The quantitative estimate of drug-likeness (QED) is 0.614. The van der Waals surface area contributed by atoms with Crippen LogP contribution in [0.5, 0.6) is 0 Å². The van der Waals surface area contributed by atoms with Crippen LogP contribution in [0.25, 0.3) is 0 Å². The van der Waals surface area contributed by atoms with Crippen molar-refractivity contribution in [1.82, 2.24) is 0 Å². The van der Waals surface area contributed by atoms with Crippen molar-refractivity contribution in [1.29, 1.82) is 0 Å². The van der Waals surface area contributed by atoms with Crippen LogP contribution < -0.4 is 5.73 Å². The Balaban J connectivity index is 1.80. The average Bonchev–Trinajstić information content (AvgIpc) is 2.68. The normalized spacial score (nSPS) is 43.9. The van der Waals surface area contributed by atoms with Crippen LogP contribution in [0, 0.1) is 17.8 Å². The second kappa shape index (κ2) is 3.14. The molecule has 0 bridgehead atoms. The van der Waals surface area contributed by atoms with Gasteiger partial charge in [-0.2, -0.15) is 0 Å². The fourth-order valence-electron chi connectivity index (χ4n) is 2.52. The topological polar surface area (TPSA) is 26.0 Å². The Kier molecular flexibility index (Phi) is 2.17. The van der Waals surface area contributed by atoms with Gasteiger partial charge in [-0.25, -0.2) is 0 Å². The lowest BCUT2D eigenvalue weighted by atomic mass is 9.91. The Morgan fingerprint density at radius 3 is 2.64 bits per heavy atom. The van der Waals surface area contributed by atoms with Gasteiger partial charge < -0.3 is 5.73 Å². The lowest BCUT2D eigenvalue weighted by Gasteiger charge is -2.16. The molecule has 0 aromatic heterocycles. The Labute approximate surface area is 69.4 Å². The summed E-state index contributed by atoms with van der Waals surface area (Å²) in [5.74, 6) is 3.11. The van der Waals surface area contributed by atoms with Crippen molar-refractivity contribution in [3.8, 4) is 0 Å². The van der Waals surface area contributed by atoms with E-state index in [1.165, 1.54) is 38.5 Å². The molecule has 0 aromatic carbocycles. The van der Waals surface area contributed by atoms with E-state index in [9.17, 15) is 0 Å². The Morgan fingerprint density at radius 2 is 1.82 bits per heavy atom. The van der Waals surface area contributed by atoms with Crippen molar-refractivity contribution in [2.45, 2.75) is 38.5 Å². The van der Waals surface area contributed by atoms with Crippen LogP contribution in [0.3, 0.4) is 0 Å². The summed E-state index contributed by atoms with van der Waals surface area (Å²) in [6, 6.07) is 0. The van der Waals surface area contributed by atoms with Crippen molar-refractivity contribution in [3.63, 3.8) is 0 Å². The minimum atomic E-state index is 0.858. The standard InChI is InChI=1S/C10H19N/c11-7-8-2-1-3-9-6-10(9)5-4-8/h8-10H,1-7,11H2. The predicted octanol–water partition coefficient (Wildman–Crippen LogP) is 2.16. The number of fused-ring (bicyclic) bond motifs is 1. The Morgan fingerprint density at radius 1 is 1.00 bits per heavy atom. The van der Waals surface area contributed by atoms with Gasteiger partial charge in [0.2, 0.25) is 0 Å². The van der Waals surface area contributed by atoms with Crippen LogP contribution in [0.4, 0.5) is 0 Å². The van der Waals surface area contributed by atoms with Gasteiger partial charge in [0.15, 0.2) is 0 Å². The molecule has 0 saturated heterocycles. The fourth-order valence-corrected chi connectivity index (χ4v) is 2.52. The van der Waals surface area contributed by atoms with Crippen LogP contribution in [-0.4, -0.2) is 6.54 Å². The lowest BCUT2D eigenvalue weighted by molar-refractivity contribution is 0.376. The monoisotopic (exact) mass is 153 g/mol. The van der Waals surface area contributed by atoms with E-state index in [0.29, 0.717) is 0 Å². The molecule has 2 rings (SSSR count). The van der Waals surface area contributed by atoms with Gasteiger partial charge in [0.25, 0.3) is 0 Å². The van der Waals surface area contributed by atoms with Crippen LogP contribution in [0.2, 0.25) is 0 Å².